The molecule has 2 aromatic heterocycles. The van der Waals surface area contributed by atoms with Gasteiger partial charge in [0.05, 0.1) is 6.42 Å². The molecule has 0 aliphatic rings. The SMILES string of the molecule is O=C(O)Cc1cn(Cc2ccncc2)c2ccccc12. The van der Waals surface area contributed by atoms with Gasteiger partial charge in [-0.05, 0) is 29.3 Å². The van der Waals surface area contributed by atoms with Crippen LogP contribution in [0.2, 0.25) is 0 Å². The van der Waals surface area contributed by atoms with Gasteiger partial charge in [-0.2, -0.15) is 0 Å². The molecule has 0 bridgehead atoms. The number of pyridine rings is 1. The summed E-state index contributed by atoms with van der Waals surface area (Å²) in [7, 11) is 0. The summed E-state index contributed by atoms with van der Waals surface area (Å²) in [6.45, 7) is 0.711. The Labute approximate surface area is 116 Å². The summed E-state index contributed by atoms with van der Waals surface area (Å²) in [6, 6.07) is 11.8. The molecule has 100 valence electrons. The van der Waals surface area contributed by atoms with Gasteiger partial charge >= 0.3 is 5.97 Å². The molecule has 0 unspecified atom stereocenters. The van der Waals surface area contributed by atoms with Crippen molar-refractivity contribution < 1.29 is 9.90 Å². The Balaban J connectivity index is 2.04. The number of hydrogen-bond donors (Lipinski definition) is 1. The van der Waals surface area contributed by atoms with Crippen LogP contribution in [0.15, 0.2) is 55.0 Å². The van der Waals surface area contributed by atoms with E-state index in [0.717, 1.165) is 22.0 Å². The number of rotatable bonds is 4. The maximum absolute atomic E-state index is 11.0. The molecule has 4 heteroatoms. The average molecular weight is 266 g/mol. The van der Waals surface area contributed by atoms with Gasteiger partial charge in [0.15, 0.2) is 0 Å². The molecule has 2 heterocycles. The summed E-state index contributed by atoms with van der Waals surface area (Å²) in [5.41, 5.74) is 3.05. The lowest BCUT2D eigenvalue weighted by molar-refractivity contribution is -0.136. The van der Waals surface area contributed by atoms with Gasteiger partial charge in [-0.25, -0.2) is 0 Å². The Morgan fingerprint density at radius 1 is 1.15 bits per heavy atom. The zero-order valence-electron chi connectivity index (χ0n) is 10.9. The normalized spacial score (nSPS) is 10.8. The number of aromatic nitrogens is 2. The Kier molecular flexibility index (Phi) is 3.21. The van der Waals surface area contributed by atoms with E-state index in [4.69, 9.17) is 5.11 Å². The van der Waals surface area contributed by atoms with Crippen LogP contribution < -0.4 is 0 Å². The first-order chi connectivity index (χ1) is 9.74. The molecule has 0 saturated carbocycles. The number of hydrogen-bond acceptors (Lipinski definition) is 2. The molecule has 0 aliphatic carbocycles. The smallest absolute Gasteiger partial charge is 0.307 e. The molecule has 0 spiro atoms. The molecule has 0 saturated heterocycles. The summed E-state index contributed by atoms with van der Waals surface area (Å²) >= 11 is 0. The van der Waals surface area contributed by atoms with E-state index in [1.165, 1.54) is 0 Å². The number of nitrogens with zero attached hydrogens (tertiary/aromatic N) is 2. The molecule has 1 aromatic carbocycles. The topological polar surface area (TPSA) is 55.1 Å². The molecule has 1 N–H and O–H groups in total. The molecule has 20 heavy (non-hydrogen) atoms. The van der Waals surface area contributed by atoms with E-state index in [9.17, 15) is 4.79 Å². The molecular weight excluding hydrogens is 252 g/mol. The minimum atomic E-state index is -0.809. The first-order valence-corrected chi connectivity index (χ1v) is 6.41. The van der Waals surface area contributed by atoms with Crippen molar-refractivity contribution in [2.45, 2.75) is 13.0 Å². The predicted molar refractivity (Wildman–Crippen MR) is 76.6 cm³/mol. The van der Waals surface area contributed by atoms with Crippen LogP contribution in [0.25, 0.3) is 10.9 Å². The van der Waals surface area contributed by atoms with Crippen molar-refractivity contribution in [1.82, 2.24) is 9.55 Å². The van der Waals surface area contributed by atoms with Gasteiger partial charge in [-0.1, -0.05) is 18.2 Å². The third kappa shape index (κ3) is 2.40. The lowest BCUT2D eigenvalue weighted by Gasteiger charge is -2.04. The monoisotopic (exact) mass is 266 g/mol. The van der Waals surface area contributed by atoms with Crippen LogP contribution in [0.3, 0.4) is 0 Å². The van der Waals surface area contributed by atoms with Crippen molar-refractivity contribution in [3.05, 3.63) is 66.1 Å². The van der Waals surface area contributed by atoms with Gasteiger partial charge in [0.2, 0.25) is 0 Å². The van der Waals surface area contributed by atoms with Crippen molar-refractivity contribution in [2.75, 3.05) is 0 Å². The average Bonchev–Trinajstić information content (AvgIpc) is 2.78. The highest BCUT2D eigenvalue weighted by Crippen LogP contribution is 2.22. The van der Waals surface area contributed by atoms with Crippen LogP contribution in [0.4, 0.5) is 0 Å². The maximum Gasteiger partial charge on any atom is 0.307 e. The fourth-order valence-corrected chi connectivity index (χ4v) is 2.44. The van der Waals surface area contributed by atoms with Crippen molar-refractivity contribution in [3.8, 4) is 0 Å². The van der Waals surface area contributed by atoms with E-state index in [2.05, 4.69) is 9.55 Å². The maximum atomic E-state index is 11.0. The third-order valence-corrected chi connectivity index (χ3v) is 3.32. The largest absolute Gasteiger partial charge is 0.481 e. The fourth-order valence-electron chi connectivity index (χ4n) is 2.44. The van der Waals surface area contributed by atoms with Crippen LogP contribution in [-0.4, -0.2) is 20.6 Å². The second kappa shape index (κ2) is 5.17. The predicted octanol–water partition coefficient (Wildman–Crippen LogP) is 2.71. The van der Waals surface area contributed by atoms with Gasteiger partial charge in [0.25, 0.3) is 0 Å². The van der Waals surface area contributed by atoms with Gasteiger partial charge in [-0.15, -0.1) is 0 Å². The molecular formula is C16H14N2O2. The standard InChI is InChI=1S/C16H14N2O2/c19-16(20)9-13-11-18(10-12-5-7-17-8-6-12)15-4-2-1-3-14(13)15/h1-8,11H,9-10H2,(H,19,20). The molecule has 0 atom stereocenters. The number of benzene rings is 1. The van der Waals surface area contributed by atoms with E-state index < -0.39 is 5.97 Å². The van der Waals surface area contributed by atoms with Crippen LogP contribution in [-0.2, 0) is 17.8 Å². The van der Waals surface area contributed by atoms with Crippen molar-refractivity contribution >= 4 is 16.9 Å². The molecule has 0 aliphatic heterocycles. The molecule has 4 nitrogen and oxygen atoms in total. The number of carboxylic acid groups (broad SMARTS) is 1. The first kappa shape index (κ1) is 12.4. The van der Waals surface area contributed by atoms with E-state index in [1.807, 2.05) is 42.6 Å². The highest BCUT2D eigenvalue weighted by molar-refractivity contribution is 5.87. The van der Waals surface area contributed by atoms with Gasteiger partial charge in [0.1, 0.15) is 0 Å². The van der Waals surface area contributed by atoms with E-state index in [-0.39, 0.29) is 6.42 Å². The van der Waals surface area contributed by atoms with Gasteiger partial charge < -0.3 is 9.67 Å². The number of fused-ring (bicyclic) bond motifs is 1. The van der Waals surface area contributed by atoms with E-state index in [0.29, 0.717) is 6.54 Å². The van der Waals surface area contributed by atoms with Crippen LogP contribution >= 0.6 is 0 Å². The lowest BCUT2D eigenvalue weighted by Crippen LogP contribution is -2.00. The van der Waals surface area contributed by atoms with Crippen molar-refractivity contribution in [2.24, 2.45) is 0 Å². The number of para-hydroxylation sites is 1. The van der Waals surface area contributed by atoms with Crippen LogP contribution in [0.5, 0.6) is 0 Å². The Morgan fingerprint density at radius 2 is 1.90 bits per heavy atom. The zero-order valence-corrected chi connectivity index (χ0v) is 10.9. The van der Waals surface area contributed by atoms with E-state index >= 15 is 0 Å². The fraction of sp³-hybridized carbons (Fsp3) is 0.125. The van der Waals surface area contributed by atoms with Gasteiger partial charge in [0, 0.05) is 36.0 Å². The number of aliphatic carboxylic acids is 1. The minimum absolute atomic E-state index is 0.0455. The lowest BCUT2D eigenvalue weighted by atomic mass is 10.1. The van der Waals surface area contributed by atoms with Crippen LogP contribution in [0, 0.1) is 0 Å². The van der Waals surface area contributed by atoms with E-state index in [1.54, 1.807) is 12.4 Å². The Hall–Kier alpha value is -2.62. The zero-order chi connectivity index (χ0) is 13.9. The second-order valence-corrected chi connectivity index (χ2v) is 4.73. The molecule has 0 amide bonds. The molecule has 3 rings (SSSR count). The van der Waals surface area contributed by atoms with Crippen molar-refractivity contribution in [3.63, 3.8) is 0 Å². The molecule has 3 aromatic rings. The quantitative estimate of drug-likeness (QED) is 0.790. The Morgan fingerprint density at radius 3 is 2.65 bits per heavy atom. The summed E-state index contributed by atoms with van der Waals surface area (Å²) in [4.78, 5) is 15.0. The highest BCUT2D eigenvalue weighted by Gasteiger charge is 2.11. The molecule has 0 fully saturated rings. The highest BCUT2D eigenvalue weighted by atomic mass is 16.4. The van der Waals surface area contributed by atoms with Crippen LogP contribution in [0.1, 0.15) is 11.1 Å². The number of carboxylic acids is 1. The summed E-state index contributed by atoms with van der Waals surface area (Å²) in [5.74, 6) is -0.809. The van der Waals surface area contributed by atoms with Gasteiger partial charge in [-0.3, -0.25) is 9.78 Å². The van der Waals surface area contributed by atoms with Crippen molar-refractivity contribution in [1.29, 1.82) is 0 Å². The minimum Gasteiger partial charge on any atom is -0.481 e. The summed E-state index contributed by atoms with van der Waals surface area (Å²) in [5, 5.41) is 10.0. The number of carbonyl (C=O) groups is 1. The summed E-state index contributed by atoms with van der Waals surface area (Å²) < 4.78 is 2.09. The third-order valence-electron chi connectivity index (χ3n) is 3.32. The second-order valence-electron chi connectivity index (χ2n) is 4.73. The first-order valence-electron chi connectivity index (χ1n) is 6.41. The molecule has 0 radical (unpaired) electrons. The Bertz CT molecular complexity index is 748. The summed E-state index contributed by atoms with van der Waals surface area (Å²) in [6.07, 6.45) is 5.50.